The molecule has 0 rings (SSSR count). The second kappa shape index (κ2) is 16.3. The van der Waals surface area contributed by atoms with Crippen molar-refractivity contribution in [1.82, 2.24) is 0 Å². The molecule has 2 N–H and O–H groups in total. The predicted octanol–water partition coefficient (Wildman–Crippen LogP) is 3.97. The average Bonchev–Trinajstić information content (AvgIpc) is 2.39. The third kappa shape index (κ3) is 18.3. The molecule has 0 saturated heterocycles. The third-order valence-electron chi connectivity index (χ3n) is 3.19. The van der Waals surface area contributed by atoms with Crippen molar-refractivity contribution in [2.45, 2.75) is 77.6 Å². The first-order chi connectivity index (χ1) is 9.27. The molecule has 0 amide bonds. The van der Waals surface area contributed by atoms with Gasteiger partial charge in [-0.3, -0.25) is 0 Å². The van der Waals surface area contributed by atoms with Gasteiger partial charge in [-0.2, -0.15) is 0 Å². The van der Waals surface area contributed by atoms with Crippen LogP contribution in [0.2, 0.25) is 0 Å². The number of unbranched alkanes of at least 4 members (excludes halogenated alkanes) is 10. The SMILES string of the molecule is CCCCCCCCCCCCCSCOB(O)O. The normalized spacial score (nSPS) is 10.9. The van der Waals surface area contributed by atoms with Crippen LogP contribution in [0.3, 0.4) is 0 Å². The molecule has 0 atom stereocenters. The molecule has 0 bridgehead atoms. The van der Waals surface area contributed by atoms with Crippen LogP contribution in [0.15, 0.2) is 0 Å². The quantitative estimate of drug-likeness (QED) is 0.272. The van der Waals surface area contributed by atoms with Crippen molar-refractivity contribution in [1.29, 1.82) is 0 Å². The topological polar surface area (TPSA) is 49.7 Å². The Hall–Kier alpha value is 0.295. The minimum Gasteiger partial charge on any atom is -0.402 e. The van der Waals surface area contributed by atoms with Gasteiger partial charge in [0.05, 0.1) is 5.94 Å². The van der Waals surface area contributed by atoms with Gasteiger partial charge in [-0.1, -0.05) is 71.1 Å². The summed E-state index contributed by atoms with van der Waals surface area (Å²) in [6, 6.07) is 0. The van der Waals surface area contributed by atoms with E-state index in [1.54, 1.807) is 11.8 Å². The minimum atomic E-state index is -1.62. The fourth-order valence-corrected chi connectivity index (χ4v) is 2.78. The lowest BCUT2D eigenvalue weighted by Gasteiger charge is -2.03. The van der Waals surface area contributed by atoms with Gasteiger partial charge in [0, 0.05) is 0 Å². The summed E-state index contributed by atoms with van der Waals surface area (Å²) < 4.78 is 4.62. The van der Waals surface area contributed by atoms with Gasteiger partial charge in [-0.15, -0.1) is 11.8 Å². The van der Waals surface area contributed by atoms with Crippen LogP contribution in [0.4, 0.5) is 0 Å². The Morgan fingerprint density at radius 2 is 1.26 bits per heavy atom. The molecule has 0 spiro atoms. The van der Waals surface area contributed by atoms with Gasteiger partial charge in [-0.25, -0.2) is 0 Å². The van der Waals surface area contributed by atoms with E-state index in [0.29, 0.717) is 5.94 Å². The smallest absolute Gasteiger partial charge is 0.402 e. The zero-order valence-electron chi connectivity index (χ0n) is 12.5. The monoisotopic (exact) mass is 290 g/mol. The van der Waals surface area contributed by atoms with Crippen LogP contribution >= 0.6 is 11.8 Å². The molecule has 3 nitrogen and oxygen atoms in total. The van der Waals surface area contributed by atoms with Crippen molar-refractivity contribution < 1.29 is 14.7 Å². The first kappa shape index (κ1) is 19.3. The van der Waals surface area contributed by atoms with E-state index in [1.807, 2.05) is 0 Å². The van der Waals surface area contributed by atoms with E-state index in [4.69, 9.17) is 10.0 Å². The summed E-state index contributed by atoms with van der Waals surface area (Å²) in [5.41, 5.74) is 0. The van der Waals surface area contributed by atoms with Crippen LogP contribution in [0.25, 0.3) is 0 Å². The molecule has 0 fully saturated rings. The van der Waals surface area contributed by atoms with Gasteiger partial charge in [0.15, 0.2) is 0 Å². The highest BCUT2D eigenvalue weighted by Gasteiger charge is 2.06. The number of hydrogen-bond acceptors (Lipinski definition) is 4. The minimum absolute atomic E-state index is 0.370. The van der Waals surface area contributed by atoms with Crippen molar-refractivity contribution in [3.63, 3.8) is 0 Å². The Kier molecular flexibility index (Phi) is 16.6. The lowest BCUT2D eigenvalue weighted by Crippen LogP contribution is -2.16. The van der Waals surface area contributed by atoms with E-state index in [2.05, 4.69) is 11.6 Å². The molecule has 0 aliphatic rings. The highest BCUT2D eigenvalue weighted by molar-refractivity contribution is 7.99. The molecule has 0 aliphatic heterocycles. The van der Waals surface area contributed by atoms with Gasteiger partial charge >= 0.3 is 7.32 Å². The van der Waals surface area contributed by atoms with Crippen LogP contribution < -0.4 is 0 Å². The molecule has 0 saturated carbocycles. The van der Waals surface area contributed by atoms with Gasteiger partial charge in [0.25, 0.3) is 0 Å². The van der Waals surface area contributed by atoms with E-state index in [-0.39, 0.29) is 0 Å². The Bertz CT molecular complexity index is 171. The Morgan fingerprint density at radius 3 is 1.74 bits per heavy atom. The molecule has 19 heavy (non-hydrogen) atoms. The molecular formula is C14H31BO3S. The summed E-state index contributed by atoms with van der Waals surface area (Å²) in [7, 11) is -1.62. The zero-order chi connectivity index (χ0) is 14.2. The maximum absolute atomic E-state index is 8.46. The molecule has 0 aliphatic carbocycles. The van der Waals surface area contributed by atoms with Gasteiger partial charge in [0.2, 0.25) is 0 Å². The Morgan fingerprint density at radius 1 is 0.789 bits per heavy atom. The van der Waals surface area contributed by atoms with Crippen LogP contribution in [-0.2, 0) is 4.65 Å². The van der Waals surface area contributed by atoms with Crippen LogP contribution in [-0.4, -0.2) is 29.1 Å². The molecule has 0 aromatic carbocycles. The van der Waals surface area contributed by atoms with E-state index in [9.17, 15) is 0 Å². The van der Waals surface area contributed by atoms with Crippen molar-refractivity contribution in [2.75, 3.05) is 11.7 Å². The molecule has 5 heteroatoms. The highest BCUT2D eigenvalue weighted by Crippen LogP contribution is 2.12. The first-order valence-electron chi connectivity index (χ1n) is 7.83. The summed E-state index contributed by atoms with van der Waals surface area (Å²) in [4.78, 5) is 0. The van der Waals surface area contributed by atoms with Crippen molar-refractivity contribution in [2.24, 2.45) is 0 Å². The molecule has 0 heterocycles. The Balaban J connectivity index is 2.91. The number of hydrogen-bond donors (Lipinski definition) is 2. The van der Waals surface area contributed by atoms with Crippen molar-refractivity contribution in [3.05, 3.63) is 0 Å². The van der Waals surface area contributed by atoms with Crippen LogP contribution in [0.5, 0.6) is 0 Å². The number of rotatable bonds is 15. The van der Waals surface area contributed by atoms with Gasteiger partial charge < -0.3 is 14.7 Å². The Labute approximate surface area is 123 Å². The zero-order valence-corrected chi connectivity index (χ0v) is 13.3. The number of thioether (sulfide) groups is 1. The fourth-order valence-electron chi connectivity index (χ4n) is 2.04. The molecule has 0 aromatic heterocycles. The van der Waals surface area contributed by atoms with E-state index in [0.717, 1.165) is 5.75 Å². The van der Waals surface area contributed by atoms with Crippen LogP contribution in [0, 0.1) is 0 Å². The lowest BCUT2D eigenvalue weighted by atomic mass is 10.1. The predicted molar refractivity (Wildman–Crippen MR) is 85.1 cm³/mol. The second-order valence-electron chi connectivity index (χ2n) is 5.05. The largest absolute Gasteiger partial charge is 0.634 e. The summed E-state index contributed by atoms with van der Waals surface area (Å²) in [6.45, 7) is 2.26. The standard InChI is InChI=1S/C14H31BO3S/c1-2-3-4-5-6-7-8-9-10-11-12-13-19-14-18-15(16)17/h16-17H,2-14H2,1H3. The lowest BCUT2D eigenvalue weighted by molar-refractivity contribution is 0.220. The van der Waals surface area contributed by atoms with E-state index >= 15 is 0 Å². The third-order valence-corrected chi connectivity index (χ3v) is 4.07. The first-order valence-corrected chi connectivity index (χ1v) is 8.98. The van der Waals surface area contributed by atoms with Gasteiger partial charge in [-0.05, 0) is 12.2 Å². The van der Waals surface area contributed by atoms with Crippen molar-refractivity contribution in [3.8, 4) is 0 Å². The fraction of sp³-hybridized carbons (Fsp3) is 1.00. The molecule has 0 radical (unpaired) electrons. The molecule has 114 valence electrons. The highest BCUT2D eigenvalue weighted by atomic mass is 32.2. The summed E-state index contributed by atoms with van der Waals surface area (Å²) >= 11 is 1.62. The molecule has 0 unspecified atom stereocenters. The summed E-state index contributed by atoms with van der Waals surface area (Å²) in [5.74, 6) is 1.42. The second-order valence-corrected chi connectivity index (χ2v) is 6.11. The van der Waals surface area contributed by atoms with Crippen molar-refractivity contribution >= 4 is 19.1 Å². The van der Waals surface area contributed by atoms with Crippen LogP contribution in [0.1, 0.15) is 77.6 Å². The van der Waals surface area contributed by atoms with E-state index in [1.165, 1.54) is 70.6 Å². The van der Waals surface area contributed by atoms with Gasteiger partial charge in [0.1, 0.15) is 0 Å². The maximum atomic E-state index is 8.46. The molecule has 0 aromatic rings. The summed E-state index contributed by atoms with van der Waals surface area (Å²) in [6.07, 6.45) is 14.9. The maximum Gasteiger partial charge on any atom is 0.634 e. The average molecular weight is 290 g/mol. The molecular weight excluding hydrogens is 259 g/mol. The van der Waals surface area contributed by atoms with E-state index < -0.39 is 7.32 Å². The summed E-state index contributed by atoms with van der Waals surface area (Å²) in [5, 5.41) is 16.9.